The SMILES string of the molecule is COC(=O)c1sc(C)c(-c2ccccn2)c1N. The molecule has 2 rings (SSSR count). The van der Waals surface area contributed by atoms with Crippen molar-refractivity contribution in [1.82, 2.24) is 4.98 Å². The molecule has 0 saturated heterocycles. The Balaban J connectivity index is 2.57. The molecule has 0 saturated carbocycles. The number of thiophene rings is 1. The third-order valence-electron chi connectivity index (χ3n) is 2.41. The molecule has 2 aromatic rings. The van der Waals surface area contributed by atoms with Crippen LogP contribution in [0.2, 0.25) is 0 Å². The van der Waals surface area contributed by atoms with E-state index in [4.69, 9.17) is 10.5 Å². The highest BCUT2D eigenvalue weighted by molar-refractivity contribution is 7.15. The molecule has 0 atom stereocenters. The van der Waals surface area contributed by atoms with E-state index in [0.29, 0.717) is 10.6 Å². The van der Waals surface area contributed by atoms with Gasteiger partial charge in [0.25, 0.3) is 0 Å². The number of aryl methyl sites for hydroxylation is 1. The van der Waals surface area contributed by atoms with Crippen LogP contribution in [-0.4, -0.2) is 18.1 Å². The second kappa shape index (κ2) is 4.55. The van der Waals surface area contributed by atoms with E-state index in [0.717, 1.165) is 16.1 Å². The molecule has 0 spiro atoms. The van der Waals surface area contributed by atoms with Gasteiger partial charge in [-0.15, -0.1) is 11.3 Å². The molecule has 0 amide bonds. The van der Waals surface area contributed by atoms with E-state index in [1.165, 1.54) is 18.4 Å². The maximum Gasteiger partial charge on any atom is 0.350 e. The minimum Gasteiger partial charge on any atom is -0.465 e. The van der Waals surface area contributed by atoms with Crippen molar-refractivity contribution in [3.8, 4) is 11.3 Å². The van der Waals surface area contributed by atoms with Crippen LogP contribution in [0.4, 0.5) is 5.69 Å². The average Bonchev–Trinajstić information content (AvgIpc) is 2.65. The Labute approximate surface area is 103 Å². The molecule has 5 heteroatoms. The molecule has 2 aromatic heterocycles. The Hall–Kier alpha value is -1.88. The van der Waals surface area contributed by atoms with Gasteiger partial charge in [0.05, 0.1) is 18.5 Å². The van der Waals surface area contributed by atoms with Crippen molar-refractivity contribution in [1.29, 1.82) is 0 Å². The Morgan fingerprint density at radius 2 is 2.24 bits per heavy atom. The van der Waals surface area contributed by atoms with Crippen LogP contribution in [0.5, 0.6) is 0 Å². The van der Waals surface area contributed by atoms with Crippen molar-refractivity contribution in [3.05, 3.63) is 34.2 Å². The van der Waals surface area contributed by atoms with Crippen LogP contribution in [0.3, 0.4) is 0 Å². The van der Waals surface area contributed by atoms with Gasteiger partial charge in [0.2, 0.25) is 0 Å². The van der Waals surface area contributed by atoms with Crippen LogP contribution >= 0.6 is 11.3 Å². The zero-order valence-electron chi connectivity index (χ0n) is 9.56. The summed E-state index contributed by atoms with van der Waals surface area (Å²) in [6.07, 6.45) is 1.70. The molecule has 0 aliphatic rings. The molecule has 2 N–H and O–H groups in total. The Kier molecular flexibility index (Phi) is 3.10. The molecule has 4 nitrogen and oxygen atoms in total. The van der Waals surface area contributed by atoms with Gasteiger partial charge < -0.3 is 10.5 Å². The minimum atomic E-state index is -0.405. The molecule has 0 aromatic carbocycles. The summed E-state index contributed by atoms with van der Waals surface area (Å²) < 4.78 is 4.69. The summed E-state index contributed by atoms with van der Waals surface area (Å²) >= 11 is 1.33. The van der Waals surface area contributed by atoms with Crippen molar-refractivity contribution >= 4 is 23.0 Å². The van der Waals surface area contributed by atoms with Crippen LogP contribution in [0.15, 0.2) is 24.4 Å². The van der Waals surface area contributed by atoms with Crippen LogP contribution in [0.1, 0.15) is 14.5 Å². The first kappa shape index (κ1) is 11.6. The van der Waals surface area contributed by atoms with E-state index in [1.54, 1.807) is 6.20 Å². The molecule has 0 fully saturated rings. The second-order valence-corrected chi connectivity index (χ2v) is 4.71. The smallest absolute Gasteiger partial charge is 0.350 e. The summed E-state index contributed by atoms with van der Waals surface area (Å²) in [5, 5.41) is 0. The lowest BCUT2D eigenvalue weighted by Crippen LogP contribution is -2.02. The monoisotopic (exact) mass is 248 g/mol. The Morgan fingerprint density at radius 1 is 1.47 bits per heavy atom. The van der Waals surface area contributed by atoms with Gasteiger partial charge >= 0.3 is 5.97 Å². The molecule has 0 radical (unpaired) electrons. The number of nitrogens with two attached hydrogens (primary N) is 1. The van der Waals surface area contributed by atoms with Crippen molar-refractivity contribution in [2.45, 2.75) is 6.92 Å². The number of esters is 1. The Morgan fingerprint density at radius 3 is 2.82 bits per heavy atom. The lowest BCUT2D eigenvalue weighted by atomic mass is 10.1. The maximum absolute atomic E-state index is 11.5. The topological polar surface area (TPSA) is 65.2 Å². The van der Waals surface area contributed by atoms with E-state index >= 15 is 0 Å². The summed E-state index contributed by atoms with van der Waals surface area (Å²) in [5.74, 6) is -0.405. The fourth-order valence-corrected chi connectivity index (χ4v) is 2.64. The molecule has 88 valence electrons. The number of carbonyl (C=O) groups excluding carboxylic acids is 1. The normalized spacial score (nSPS) is 10.2. The minimum absolute atomic E-state index is 0.405. The predicted molar refractivity (Wildman–Crippen MR) is 68.0 cm³/mol. The molecule has 0 aliphatic carbocycles. The number of methoxy groups -OCH3 is 1. The van der Waals surface area contributed by atoms with Gasteiger partial charge in [0.1, 0.15) is 4.88 Å². The number of carbonyl (C=O) groups is 1. The second-order valence-electron chi connectivity index (χ2n) is 3.48. The number of ether oxygens (including phenoxy) is 1. The zero-order valence-corrected chi connectivity index (χ0v) is 10.4. The van der Waals surface area contributed by atoms with Crippen molar-refractivity contribution < 1.29 is 9.53 Å². The summed E-state index contributed by atoms with van der Waals surface area (Å²) in [4.78, 5) is 17.2. The number of hydrogen-bond acceptors (Lipinski definition) is 5. The molecular weight excluding hydrogens is 236 g/mol. The summed E-state index contributed by atoms with van der Waals surface area (Å²) in [6.45, 7) is 1.91. The molecule has 17 heavy (non-hydrogen) atoms. The zero-order chi connectivity index (χ0) is 12.4. The number of anilines is 1. The number of hydrogen-bond donors (Lipinski definition) is 1. The highest BCUT2D eigenvalue weighted by atomic mass is 32.1. The number of rotatable bonds is 2. The van der Waals surface area contributed by atoms with Gasteiger partial charge in [0, 0.05) is 16.6 Å². The molecular formula is C12H12N2O2S. The summed E-state index contributed by atoms with van der Waals surface area (Å²) in [5.41, 5.74) is 8.01. The quantitative estimate of drug-likeness (QED) is 0.829. The number of pyridine rings is 1. The van der Waals surface area contributed by atoms with E-state index in [9.17, 15) is 4.79 Å². The highest BCUT2D eigenvalue weighted by Gasteiger charge is 2.20. The van der Waals surface area contributed by atoms with Crippen LogP contribution in [-0.2, 0) is 4.74 Å². The van der Waals surface area contributed by atoms with Gasteiger partial charge in [-0.3, -0.25) is 4.98 Å². The van der Waals surface area contributed by atoms with Gasteiger partial charge in [0.15, 0.2) is 0 Å². The molecule has 0 aliphatic heterocycles. The van der Waals surface area contributed by atoms with Crippen LogP contribution < -0.4 is 5.73 Å². The molecule has 2 heterocycles. The van der Waals surface area contributed by atoms with Gasteiger partial charge in [-0.2, -0.15) is 0 Å². The number of nitrogen functional groups attached to an aromatic ring is 1. The van der Waals surface area contributed by atoms with Gasteiger partial charge in [-0.25, -0.2) is 4.79 Å². The lowest BCUT2D eigenvalue weighted by molar-refractivity contribution is 0.0607. The predicted octanol–water partition coefficient (Wildman–Crippen LogP) is 2.49. The highest BCUT2D eigenvalue weighted by Crippen LogP contribution is 2.37. The lowest BCUT2D eigenvalue weighted by Gasteiger charge is -2.01. The van der Waals surface area contributed by atoms with Gasteiger partial charge in [-0.1, -0.05) is 6.07 Å². The maximum atomic E-state index is 11.5. The molecule has 0 bridgehead atoms. The first-order valence-electron chi connectivity index (χ1n) is 5.03. The van der Waals surface area contributed by atoms with Crippen LogP contribution in [0, 0.1) is 6.92 Å². The Bertz CT molecular complexity index is 549. The van der Waals surface area contributed by atoms with Crippen molar-refractivity contribution in [2.75, 3.05) is 12.8 Å². The molecule has 0 unspecified atom stereocenters. The standard InChI is InChI=1S/C12H12N2O2S/c1-7-9(8-5-3-4-6-14-8)10(13)11(17-7)12(15)16-2/h3-6H,13H2,1-2H3. The average molecular weight is 248 g/mol. The fourth-order valence-electron chi connectivity index (χ4n) is 1.64. The largest absolute Gasteiger partial charge is 0.465 e. The van der Waals surface area contributed by atoms with Gasteiger partial charge in [-0.05, 0) is 19.1 Å². The van der Waals surface area contributed by atoms with E-state index in [-0.39, 0.29) is 0 Å². The fraction of sp³-hybridized carbons (Fsp3) is 0.167. The van der Waals surface area contributed by atoms with E-state index in [1.807, 2.05) is 25.1 Å². The first-order valence-corrected chi connectivity index (χ1v) is 5.85. The number of aromatic nitrogens is 1. The van der Waals surface area contributed by atoms with E-state index < -0.39 is 5.97 Å². The first-order chi connectivity index (χ1) is 8.15. The van der Waals surface area contributed by atoms with Crippen molar-refractivity contribution in [2.24, 2.45) is 0 Å². The third-order valence-corrected chi connectivity index (χ3v) is 3.51. The third kappa shape index (κ3) is 2.01. The summed E-state index contributed by atoms with van der Waals surface area (Å²) in [6, 6.07) is 5.59. The number of nitrogens with zero attached hydrogens (tertiary/aromatic N) is 1. The van der Waals surface area contributed by atoms with Crippen molar-refractivity contribution in [3.63, 3.8) is 0 Å². The van der Waals surface area contributed by atoms with Crippen LogP contribution in [0.25, 0.3) is 11.3 Å². The van der Waals surface area contributed by atoms with E-state index in [2.05, 4.69) is 4.98 Å². The summed E-state index contributed by atoms with van der Waals surface area (Å²) in [7, 11) is 1.34.